The first-order valence-corrected chi connectivity index (χ1v) is 11.1. The van der Waals surface area contributed by atoms with Crippen molar-refractivity contribution in [2.24, 2.45) is 0 Å². The predicted molar refractivity (Wildman–Crippen MR) is 108 cm³/mol. The number of hydrogen-bond donors (Lipinski definition) is 2. The molecule has 158 valence electrons. The molecule has 29 heavy (non-hydrogen) atoms. The molecule has 0 saturated carbocycles. The zero-order valence-corrected chi connectivity index (χ0v) is 17.3. The van der Waals surface area contributed by atoms with E-state index in [0.717, 1.165) is 24.6 Å². The van der Waals surface area contributed by atoms with E-state index in [1.54, 1.807) is 18.2 Å². The van der Waals surface area contributed by atoms with E-state index in [9.17, 15) is 13.2 Å². The summed E-state index contributed by atoms with van der Waals surface area (Å²) < 4.78 is 38.1. The maximum Gasteiger partial charge on any atom is 0.240 e. The van der Waals surface area contributed by atoms with E-state index in [2.05, 4.69) is 14.9 Å². The second-order valence-electron chi connectivity index (χ2n) is 6.88. The van der Waals surface area contributed by atoms with Gasteiger partial charge in [-0.2, -0.15) is 0 Å². The molecule has 9 heteroatoms. The van der Waals surface area contributed by atoms with Crippen LogP contribution in [-0.4, -0.2) is 58.6 Å². The van der Waals surface area contributed by atoms with Crippen LogP contribution in [-0.2, 0) is 19.6 Å². The van der Waals surface area contributed by atoms with Gasteiger partial charge in [0.25, 0.3) is 0 Å². The number of aryl methyl sites for hydroxylation is 1. The van der Waals surface area contributed by atoms with Gasteiger partial charge in [-0.05, 0) is 31.2 Å². The van der Waals surface area contributed by atoms with Gasteiger partial charge in [-0.1, -0.05) is 18.2 Å². The molecule has 0 bridgehead atoms. The molecule has 1 unspecified atom stereocenters. The van der Waals surface area contributed by atoms with Crippen LogP contribution < -0.4 is 10.0 Å². The standard InChI is InChI=1S/C20H27N3O5S/c1-16-7-8-19(28-16)18(23-11-13-27-14-12-23)15-21-20(24)9-10-22-29(25,26)17-5-3-2-4-6-17/h2-8,18,22H,9-15H2,1H3,(H,21,24). The van der Waals surface area contributed by atoms with Crippen molar-refractivity contribution in [3.05, 3.63) is 54.0 Å². The van der Waals surface area contributed by atoms with E-state index >= 15 is 0 Å². The van der Waals surface area contributed by atoms with Crippen LogP contribution in [0, 0.1) is 6.92 Å². The summed E-state index contributed by atoms with van der Waals surface area (Å²) in [5.74, 6) is 1.40. The Bertz CT molecular complexity index is 892. The highest BCUT2D eigenvalue weighted by molar-refractivity contribution is 7.89. The minimum Gasteiger partial charge on any atom is -0.465 e. The summed E-state index contributed by atoms with van der Waals surface area (Å²) in [6.45, 7) is 5.12. The Morgan fingerprint density at radius 1 is 1.14 bits per heavy atom. The maximum absolute atomic E-state index is 12.3. The van der Waals surface area contributed by atoms with Gasteiger partial charge >= 0.3 is 0 Å². The van der Waals surface area contributed by atoms with Crippen LogP contribution in [0.4, 0.5) is 0 Å². The number of ether oxygens (including phenoxy) is 1. The summed E-state index contributed by atoms with van der Waals surface area (Å²) in [6.07, 6.45) is 0.0546. The fourth-order valence-corrected chi connectivity index (χ4v) is 4.27. The van der Waals surface area contributed by atoms with Crippen molar-refractivity contribution in [1.82, 2.24) is 14.9 Å². The van der Waals surface area contributed by atoms with Crippen LogP contribution in [0.1, 0.15) is 24.0 Å². The van der Waals surface area contributed by atoms with Crippen LogP contribution in [0.3, 0.4) is 0 Å². The van der Waals surface area contributed by atoms with E-state index in [1.165, 1.54) is 12.1 Å². The first-order chi connectivity index (χ1) is 14.0. The highest BCUT2D eigenvalue weighted by atomic mass is 32.2. The Morgan fingerprint density at radius 3 is 2.52 bits per heavy atom. The van der Waals surface area contributed by atoms with Gasteiger partial charge in [-0.25, -0.2) is 13.1 Å². The normalized spacial score (nSPS) is 16.4. The predicted octanol–water partition coefficient (Wildman–Crippen LogP) is 1.45. The van der Waals surface area contributed by atoms with Gasteiger partial charge in [-0.15, -0.1) is 0 Å². The Morgan fingerprint density at radius 2 is 1.86 bits per heavy atom. The quantitative estimate of drug-likeness (QED) is 0.636. The number of nitrogens with one attached hydrogen (secondary N) is 2. The van der Waals surface area contributed by atoms with E-state index in [-0.39, 0.29) is 29.8 Å². The van der Waals surface area contributed by atoms with Crippen LogP contribution >= 0.6 is 0 Å². The maximum atomic E-state index is 12.3. The molecule has 0 radical (unpaired) electrons. The van der Waals surface area contributed by atoms with Crippen molar-refractivity contribution in [1.29, 1.82) is 0 Å². The molecular formula is C20H27N3O5S. The fraction of sp³-hybridized carbons (Fsp3) is 0.450. The lowest BCUT2D eigenvalue weighted by atomic mass is 10.1. The van der Waals surface area contributed by atoms with E-state index in [4.69, 9.17) is 9.15 Å². The summed E-state index contributed by atoms with van der Waals surface area (Å²) in [7, 11) is -3.61. The van der Waals surface area contributed by atoms with Crippen molar-refractivity contribution in [2.75, 3.05) is 39.4 Å². The summed E-state index contributed by atoms with van der Waals surface area (Å²) in [5, 5.41) is 2.90. The van der Waals surface area contributed by atoms with Crippen LogP contribution in [0.5, 0.6) is 0 Å². The number of amides is 1. The number of rotatable bonds is 9. The number of furan rings is 1. The van der Waals surface area contributed by atoms with Gasteiger partial charge in [0, 0.05) is 32.6 Å². The smallest absolute Gasteiger partial charge is 0.240 e. The minimum absolute atomic E-state index is 0.0329. The molecule has 1 aromatic carbocycles. The highest BCUT2D eigenvalue weighted by Gasteiger charge is 2.25. The van der Waals surface area contributed by atoms with Gasteiger partial charge in [-0.3, -0.25) is 9.69 Å². The molecular weight excluding hydrogens is 394 g/mol. The number of carbonyl (C=O) groups excluding carboxylic acids is 1. The second kappa shape index (κ2) is 10.0. The largest absolute Gasteiger partial charge is 0.465 e. The zero-order valence-electron chi connectivity index (χ0n) is 16.5. The van der Waals surface area contributed by atoms with Crippen LogP contribution in [0.15, 0.2) is 51.8 Å². The SMILES string of the molecule is Cc1ccc(C(CNC(=O)CCNS(=O)(=O)c2ccccc2)N2CCOCC2)o1. The van der Waals surface area contributed by atoms with Crippen LogP contribution in [0.2, 0.25) is 0 Å². The Hall–Kier alpha value is -2.20. The number of nitrogens with zero attached hydrogens (tertiary/aromatic N) is 1. The highest BCUT2D eigenvalue weighted by Crippen LogP contribution is 2.23. The average molecular weight is 422 g/mol. The molecule has 1 atom stereocenters. The van der Waals surface area contributed by atoms with Crippen LogP contribution in [0.25, 0.3) is 0 Å². The monoisotopic (exact) mass is 421 g/mol. The lowest BCUT2D eigenvalue weighted by Crippen LogP contribution is -2.44. The Balaban J connectivity index is 1.51. The number of morpholine rings is 1. The fourth-order valence-electron chi connectivity index (χ4n) is 3.21. The molecule has 1 fully saturated rings. The molecule has 2 aromatic rings. The second-order valence-corrected chi connectivity index (χ2v) is 8.64. The van der Waals surface area contributed by atoms with Gasteiger partial charge in [0.1, 0.15) is 11.5 Å². The lowest BCUT2D eigenvalue weighted by Gasteiger charge is -2.33. The van der Waals surface area contributed by atoms with Crippen molar-refractivity contribution < 1.29 is 22.4 Å². The first kappa shape index (κ1) is 21.5. The lowest BCUT2D eigenvalue weighted by molar-refractivity contribution is -0.121. The molecule has 3 rings (SSSR count). The number of carbonyl (C=O) groups is 1. The summed E-state index contributed by atoms with van der Waals surface area (Å²) in [6, 6.07) is 11.8. The summed E-state index contributed by atoms with van der Waals surface area (Å²) in [4.78, 5) is 14.7. The third kappa shape index (κ3) is 6.14. The van der Waals surface area contributed by atoms with E-state index < -0.39 is 10.0 Å². The molecule has 1 amide bonds. The number of hydrogen-bond acceptors (Lipinski definition) is 6. The molecule has 1 saturated heterocycles. The average Bonchev–Trinajstić information content (AvgIpc) is 3.15. The van der Waals surface area contributed by atoms with E-state index in [1.807, 2.05) is 19.1 Å². The van der Waals surface area contributed by atoms with Gasteiger partial charge < -0.3 is 14.5 Å². The topological polar surface area (TPSA) is 101 Å². The van der Waals surface area contributed by atoms with E-state index in [0.29, 0.717) is 19.8 Å². The van der Waals surface area contributed by atoms with Crippen molar-refractivity contribution >= 4 is 15.9 Å². The number of sulfonamides is 1. The summed E-state index contributed by atoms with van der Waals surface area (Å²) >= 11 is 0. The molecule has 2 N–H and O–H groups in total. The van der Waals surface area contributed by atoms with Gasteiger partial charge in [0.05, 0.1) is 24.2 Å². The molecule has 1 aromatic heterocycles. The molecule has 0 aliphatic carbocycles. The zero-order chi connectivity index (χ0) is 20.7. The third-order valence-corrected chi connectivity index (χ3v) is 6.24. The molecule has 1 aliphatic rings. The molecule has 2 heterocycles. The Kier molecular flexibility index (Phi) is 7.43. The number of benzene rings is 1. The van der Waals surface area contributed by atoms with Crippen molar-refractivity contribution in [2.45, 2.75) is 24.3 Å². The third-order valence-electron chi connectivity index (χ3n) is 4.77. The van der Waals surface area contributed by atoms with Gasteiger partial charge in [0.2, 0.25) is 15.9 Å². The van der Waals surface area contributed by atoms with Crippen molar-refractivity contribution in [3.8, 4) is 0 Å². The van der Waals surface area contributed by atoms with Gasteiger partial charge in [0.15, 0.2) is 0 Å². The van der Waals surface area contributed by atoms with Crippen molar-refractivity contribution in [3.63, 3.8) is 0 Å². The Labute approximate surface area is 171 Å². The molecule has 8 nitrogen and oxygen atoms in total. The minimum atomic E-state index is -3.61. The first-order valence-electron chi connectivity index (χ1n) is 9.65. The molecule has 1 aliphatic heterocycles. The summed E-state index contributed by atoms with van der Waals surface area (Å²) in [5.41, 5.74) is 0. The molecule has 0 spiro atoms.